The number of carbonyl (C=O) groups excluding carboxylic acids is 1. The molecule has 1 amide bonds. The molecule has 6 nitrogen and oxygen atoms in total. The number of hydrogen-bond acceptors (Lipinski definition) is 4. The Balaban J connectivity index is 1.56. The van der Waals surface area contributed by atoms with Crippen molar-refractivity contribution in [2.45, 2.75) is 31.7 Å². The molecule has 126 valence electrons. The molecule has 2 atom stereocenters. The number of hydrogen-bond donors (Lipinski definition) is 1. The number of amides is 1. The van der Waals surface area contributed by atoms with Crippen molar-refractivity contribution in [3.63, 3.8) is 0 Å². The van der Waals surface area contributed by atoms with Gasteiger partial charge in [-0.1, -0.05) is 6.07 Å². The maximum absolute atomic E-state index is 12.2. The quantitative estimate of drug-likeness (QED) is 0.833. The summed E-state index contributed by atoms with van der Waals surface area (Å²) in [4.78, 5) is 16.3. The van der Waals surface area contributed by atoms with Gasteiger partial charge in [0.2, 0.25) is 15.9 Å². The highest BCUT2D eigenvalue weighted by molar-refractivity contribution is 7.88. The van der Waals surface area contributed by atoms with E-state index < -0.39 is 10.0 Å². The molecule has 1 saturated carbocycles. The van der Waals surface area contributed by atoms with E-state index in [9.17, 15) is 13.2 Å². The third-order valence-corrected chi connectivity index (χ3v) is 5.97. The molecule has 2 heterocycles. The Morgan fingerprint density at radius 3 is 2.78 bits per heavy atom. The van der Waals surface area contributed by atoms with Gasteiger partial charge in [-0.2, -0.15) is 4.31 Å². The molecule has 1 aliphatic carbocycles. The zero-order chi connectivity index (χ0) is 16.4. The van der Waals surface area contributed by atoms with E-state index in [1.807, 2.05) is 12.1 Å². The van der Waals surface area contributed by atoms with E-state index in [0.29, 0.717) is 31.8 Å². The van der Waals surface area contributed by atoms with Gasteiger partial charge in [-0.05, 0) is 42.7 Å². The van der Waals surface area contributed by atoms with Crippen molar-refractivity contribution in [2.24, 2.45) is 11.8 Å². The molecule has 3 rings (SSSR count). The topological polar surface area (TPSA) is 79.4 Å². The molecule has 0 radical (unpaired) electrons. The van der Waals surface area contributed by atoms with Gasteiger partial charge >= 0.3 is 0 Å². The summed E-state index contributed by atoms with van der Waals surface area (Å²) in [6.07, 6.45) is 8.05. The van der Waals surface area contributed by atoms with Gasteiger partial charge < -0.3 is 5.32 Å². The zero-order valence-corrected chi connectivity index (χ0v) is 14.1. The summed E-state index contributed by atoms with van der Waals surface area (Å²) in [5.74, 6) is 0.803. The number of nitrogens with one attached hydrogen (secondary N) is 1. The van der Waals surface area contributed by atoms with Gasteiger partial charge in [-0.25, -0.2) is 8.42 Å². The summed E-state index contributed by atoms with van der Waals surface area (Å²) in [6.45, 7) is 0.940. The molecule has 0 bridgehead atoms. The van der Waals surface area contributed by atoms with Crippen LogP contribution in [0.15, 0.2) is 24.5 Å². The van der Waals surface area contributed by atoms with E-state index in [4.69, 9.17) is 0 Å². The minimum absolute atomic E-state index is 0.0140. The van der Waals surface area contributed by atoms with Crippen molar-refractivity contribution in [2.75, 3.05) is 19.3 Å². The molecule has 0 aromatic carbocycles. The number of aryl methyl sites for hydroxylation is 1. The smallest absolute Gasteiger partial charge is 0.220 e. The van der Waals surface area contributed by atoms with Crippen LogP contribution in [0.3, 0.4) is 0 Å². The molecular weight excluding hydrogens is 314 g/mol. The van der Waals surface area contributed by atoms with Crippen LogP contribution in [0.25, 0.3) is 0 Å². The average molecular weight is 337 g/mol. The molecular formula is C16H23N3O3S. The van der Waals surface area contributed by atoms with Gasteiger partial charge in [-0.3, -0.25) is 9.78 Å². The third-order valence-electron chi connectivity index (χ3n) is 4.74. The lowest BCUT2D eigenvalue weighted by molar-refractivity contribution is -0.121. The first-order valence-corrected chi connectivity index (χ1v) is 9.91. The van der Waals surface area contributed by atoms with E-state index in [-0.39, 0.29) is 17.9 Å². The summed E-state index contributed by atoms with van der Waals surface area (Å²) in [5.41, 5.74) is 1.03. The predicted molar refractivity (Wildman–Crippen MR) is 87.1 cm³/mol. The molecule has 23 heavy (non-hydrogen) atoms. The summed E-state index contributed by atoms with van der Waals surface area (Å²) < 4.78 is 25.0. The van der Waals surface area contributed by atoms with Crippen molar-refractivity contribution in [3.8, 4) is 0 Å². The van der Waals surface area contributed by atoms with Crippen LogP contribution in [0, 0.1) is 11.8 Å². The Labute approximate surface area is 137 Å². The van der Waals surface area contributed by atoms with Crippen LogP contribution >= 0.6 is 0 Å². The molecule has 0 unspecified atom stereocenters. The normalized spacial score (nSPS) is 25.4. The lowest BCUT2D eigenvalue weighted by Crippen LogP contribution is -2.41. The number of rotatable bonds is 6. The standard InChI is InChI=1S/C16H23N3O3S/c1-23(21,22)19-10-14(13-5-6-13)15(11-19)18-16(20)7-4-12-3-2-8-17-9-12/h2-3,8-9,13-15H,4-7,10-11H2,1H3,(H,18,20)/t14-,15+/m1/s1. The van der Waals surface area contributed by atoms with Crippen molar-refractivity contribution in [1.29, 1.82) is 0 Å². The molecule has 7 heteroatoms. The van der Waals surface area contributed by atoms with Crippen LogP contribution in [0.2, 0.25) is 0 Å². The van der Waals surface area contributed by atoms with Crippen LogP contribution in [-0.2, 0) is 21.2 Å². The fourth-order valence-corrected chi connectivity index (χ4v) is 4.17. The van der Waals surface area contributed by atoms with Gasteiger partial charge in [0.25, 0.3) is 0 Å². The number of carbonyl (C=O) groups is 1. The van der Waals surface area contributed by atoms with Gasteiger partial charge in [-0.15, -0.1) is 0 Å². The lowest BCUT2D eigenvalue weighted by Gasteiger charge is -2.19. The molecule has 1 N–H and O–H groups in total. The first-order valence-electron chi connectivity index (χ1n) is 8.07. The van der Waals surface area contributed by atoms with Gasteiger partial charge in [0.15, 0.2) is 0 Å². The fraction of sp³-hybridized carbons (Fsp3) is 0.625. The van der Waals surface area contributed by atoms with Crippen molar-refractivity contribution >= 4 is 15.9 Å². The van der Waals surface area contributed by atoms with Crippen molar-refractivity contribution in [3.05, 3.63) is 30.1 Å². The molecule has 1 aromatic heterocycles. The van der Waals surface area contributed by atoms with Crippen LogP contribution < -0.4 is 5.32 Å². The number of pyridine rings is 1. The van der Waals surface area contributed by atoms with Crippen molar-refractivity contribution < 1.29 is 13.2 Å². The lowest BCUT2D eigenvalue weighted by atomic mass is 9.98. The SMILES string of the molecule is CS(=O)(=O)N1C[C@H](NC(=O)CCc2cccnc2)[C@@H](C2CC2)C1. The Morgan fingerprint density at radius 1 is 1.39 bits per heavy atom. The summed E-state index contributed by atoms with van der Waals surface area (Å²) >= 11 is 0. The Morgan fingerprint density at radius 2 is 2.17 bits per heavy atom. The zero-order valence-electron chi connectivity index (χ0n) is 13.3. The second-order valence-corrected chi connectivity index (χ2v) is 8.60. The summed E-state index contributed by atoms with van der Waals surface area (Å²) in [6, 6.07) is 3.75. The van der Waals surface area contributed by atoms with Gasteiger partial charge in [0.1, 0.15) is 0 Å². The molecule has 1 saturated heterocycles. The summed E-state index contributed by atoms with van der Waals surface area (Å²) in [5, 5.41) is 3.06. The number of sulfonamides is 1. The average Bonchev–Trinajstić information content (AvgIpc) is 3.26. The van der Waals surface area contributed by atoms with Gasteiger partial charge in [0, 0.05) is 37.9 Å². The van der Waals surface area contributed by atoms with E-state index in [0.717, 1.165) is 18.4 Å². The first kappa shape index (κ1) is 16.4. The maximum Gasteiger partial charge on any atom is 0.220 e. The highest BCUT2D eigenvalue weighted by Crippen LogP contribution is 2.41. The minimum atomic E-state index is -3.19. The second kappa shape index (κ2) is 6.57. The molecule has 1 aromatic rings. The molecule has 2 fully saturated rings. The van der Waals surface area contributed by atoms with Crippen LogP contribution in [0.1, 0.15) is 24.8 Å². The highest BCUT2D eigenvalue weighted by Gasteiger charge is 2.45. The Bertz CT molecular complexity index is 658. The third kappa shape index (κ3) is 4.29. The minimum Gasteiger partial charge on any atom is -0.352 e. The number of nitrogens with zero attached hydrogens (tertiary/aromatic N) is 2. The Kier molecular flexibility index (Phi) is 4.68. The van der Waals surface area contributed by atoms with Crippen LogP contribution in [-0.4, -0.2) is 49.0 Å². The largest absolute Gasteiger partial charge is 0.352 e. The maximum atomic E-state index is 12.2. The second-order valence-electron chi connectivity index (χ2n) is 6.62. The van der Waals surface area contributed by atoms with E-state index in [1.54, 1.807) is 12.4 Å². The van der Waals surface area contributed by atoms with E-state index in [2.05, 4.69) is 10.3 Å². The van der Waals surface area contributed by atoms with Crippen LogP contribution in [0.5, 0.6) is 0 Å². The van der Waals surface area contributed by atoms with Gasteiger partial charge in [0.05, 0.1) is 6.26 Å². The van der Waals surface area contributed by atoms with E-state index >= 15 is 0 Å². The molecule has 2 aliphatic rings. The number of aromatic nitrogens is 1. The predicted octanol–water partition coefficient (Wildman–Crippen LogP) is 0.800. The monoisotopic (exact) mass is 337 g/mol. The highest BCUT2D eigenvalue weighted by atomic mass is 32.2. The first-order chi connectivity index (χ1) is 10.9. The van der Waals surface area contributed by atoms with Crippen molar-refractivity contribution in [1.82, 2.24) is 14.6 Å². The fourth-order valence-electron chi connectivity index (χ4n) is 3.30. The van der Waals surface area contributed by atoms with E-state index in [1.165, 1.54) is 10.6 Å². The molecule has 0 spiro atoms. The Hall–Kier alpha value is -1.47. The molecule has 1 aliphatic heterocycles. The summed E-state index contributed by atoms with van der Waals surface area (Å²) in [7, 11) is -3.19. The van der Waals surface area contributed by atoms with Crippen LogP contribution in [0.4, 0.5) is 0 Å².